The van der Waals surface area contributed by atoms with Gasteiger partial charge in [0, 0.05) is 16.8 Å². The monoisotopic (exact) mass is 346 g/mol. The number of para-hydroxylation sites is 1. The second kappa shape index (κ2) is 7.20. The second-order valence-electron chi connectivity index (χ2n) is 6.23. The van der Waals surface area contributed by atoms with Crippen molar-refractivity contribution in [3.8, 4) is 0 Å². The lowest BCUT2D eigenvalue weighted by Gasteiger charge is -2.34. The van der Waals surface area contributed by atoms with Gasteiger partial charge in [-0.3, -0.25) is 10.1 Å². The number of nitrogens with zero attached hydrogens (tertiary/aromatic N) is 2. The van der Waals surface area contributed by atoms with Crippen molar-refractivity contribution in [1.82, 2.24) is 0 Å². The molecule has 1 aliphatic rings. The Bertz CT molecular complexity index is 743. The Morgan fingerprint density at radius 2 is 1.92 bits per heavy atom. The first-order valence-corrected chi connectivity index (χ1v) is 8.49. The van der Waals surface area contributed by atoms with Crippen molar-refractivity contribution in [3.05, 3.63) is 68.7 Å². The molecule has 1 fully saturated rings. The molecule has 5 nitrogen and oxygen atoms in total. The van der Waals surface area contributed by atoms with E-state index in [1.165, 1.54) is 16.2 Å². The predicted molar refractivity (Wildman–Crippen MR) is 95.9 cm³/mol. The zero-order valence-electron chi connectivity index (χ0n) is 13.7. The van der Waals surface area contributed by atoms with Gasteiger partial charge < -0.3 is 9.80 Å². The fourth-order valence-electron chi connectivity index (χ4n) is 3.27. The summed E-state index contributed by atoms with van der Waals surface area (Å²) in [6, 6.07) is 13.0. The van der Waals surface area contributed by atoms with Gasteiger partial charge in [-0.15, -0.1) is 0 Å². The first-order chi connectivity index (χ1) is 11.5. The van der Waals surface area contributed by atoms with Gasteiger partial charge in [0.15, 0.2) is 0 Å². The van der Waals surface area contributed by atoms with Crippen molar-refractivity contribution in [1.29, 1.82) is 0 Å². The standard InChI is InChI=1S/C18H20ClN3O2/c1-14-6-7-16(19)12-18(14)21-10-8-20(9-11-21)13-15-4-2-3-5-17(15)22(23)24/h2-7,12H,8-11,13H2,1H3/p+1. The summed E-state index contributed by atoms with van der Waals surface area (Å²) in [5.74, 6) is 0. The van der Waals surface area contributed by atoms with Crippen LogP contribution < -0.4 is 9.80 Å². The van der Waals surface area contributed by atoms with E-state index in [1.807, 2.05) is 30.3 Å². The number of hydrogen-bond acceptors (Lipinski definition) is 3. The topological polar surface area (TPSA) is 50.8 Å². The minimum absolute atomic E-state index is 0.220. The summed E-state index contributed by atoms with van der Waals surface area (Å²) in [6.07, 6.45) is 0. The molecule has 0 radical (unpaired) electrons. The molecule has 0 saturated carbocycles. The highest BCUT2D eigenvalue weighted by molar-refractivity contribution is 6.30. The third-order valence-electron chi connectivity index (χ3n) is 4.61. The smallest absolute Gasteiger partial charge is 0.278 e. The second-order valence-corrected chi connectivity index (χ2v) is 6.67. The van der Waals surface area contributed by atoms with E-state index in [0.29, 0.717) is 6.54 Å². The van der Waals surface area contributed by atoms with Crippen LogP contribution in [-0.2, 0) is 6.54 Å². The number of nitro benzene ring substituents is 1. The zero-order chi connectivity index (χ0) is 17.1. The highest BCUT2D eigenvalue weighted by Gasteiger charge is 2.24. The van der Waals surface area contributed by atoms with Gasteiger partial charge in [0.25, 0.3) is 5.69 Å². The van der Waals surface area contributed by atoms with Gasteiger partial charge in [0.1, 0.15) is 6.54 Å². The lowest BCUT2D eigenvalue weighted by atomic mass is 10.1. The first-order valence-electron chi connectivity index (χ1n) is 8.11. The molecule has 0 unspecified atom stereocenters. The van der Waals surface area contributed by atoms with Gasteiger partial charge in [-0.25, -0.2) is 0 Å². The lowest BCUT2D eigenvalue weighted by Crippen LogP contribution is -3.13. The van der Waals surface area contributed by atoms with Crippen LogP contribution in [-0.4, -0.2) is 31.1 Å². The minimum Gasteiger partial charge on any atom is -0.360 e. The normalized spacial score (nSPS) is 15.5. The quantitative estimate of drug-likeness (QED) is 0.683. The van der Waals surface area contributed by atoms with Crippen molar-refractivity contribution in [2.24, 2.45) is 0 Å². The van der Waals surface area contributed by atoms with E-state index in [2.05, 4.69) is 11.8 Å². The molecule has 24 heavy (non-hydrogen) atoms. The highest BCUT2D eigenvalue weighted by Crippen LogP contribution is 2.24. The van der Waals surface area contributed by atoms with E-state index < -0.39 is 0 Å². The van der Waals surface area contributed by atoms with Gasteiger partial charge in [-0.2, -0.15) is 0 Å². The minimum atomic E-state index is -0.291. The molecule has 0 amide bonds. The van der Waals surface area contributed by atoms with Crippen LogP contribution in [0.4, 0.5) is 11.4 Å². The fourth-order valence-corrected chi connectivity index (χ4v) is 3.44. The molecule has 0 aromatic heterocycles. The summed E-state index contributed by atoms with van der Waals surface area (Å²) < 4.78 is 0. The van der Waals surface area contributed by atoms with Crippen molar-refractivity contribution in [2.45, 2.75) is 13.5 Å². The Balaban J connectivity index is 1.66. The van der Waals surface area contributed by atoms with Crippen LogP contribution in [0, 0.1) is 17.0 Å². The number of anilines is 1. The number of hydrogen-bond donors (Lipinski definition) is 1. The van der Waals surface area contributed by atoms with Crippen LogP contribution in [0.3, 0.4) is 0 Å². The Morgan fingerprint density at radius 3 is 2.62 bits per heavy atom. The largest absolute Gasteiger partial charge is 0.360 e. The van der Waals surface area contributed by atoms with E-state index in [9.17, 15) is 10.1 Å². The molecule has 126 valence electrons. The van der Waals surface area contributed by atoms with Crippen LogP contribution in [0.5, 0.6) is 0 Å². The molecular formula is C18H21ClN3O2+. The van der Waals surface area contributed by atoms with E-state index in [0.717, 1.165) is 36.8 Å². The Morgan fingerprint density at radius 1 is 1.21 bits per heavy atom. The van der Waals surface area contributed by atoms with Gasteiger partial charge in [-0.1, -0.05) is 29.8 Å². The highest BCUT2D eigenvalue weighted by atomic mass is 35.5. The molecule has 0 atom stereocenters. The van der Waals surface area contributed by atoms with Crippen LogP contribution in [0.15, 0.2) is 42.5 Å². The maximum atomic E-state index is 11.1. The van der Waals surface area contributed by atoms with E-state index in [1.54, 1.807) is 12.1 Å². The zero-order valence-corrected chi connectivity index (χ0v) is 14.4. The molecule has 1 aliphatic heterocycles. The molecule has 1 saturated heterocycles. The molecule has 2 aromatic rings. The number of benzene rings is 2. The van der Waals surface area contributed by atoms with E-state index >= 15 is 0 Å². The van der Waals surface area contributed by atoms with Gasteiger partial charge in [0.2, 0.25) is 0 Å². The maximum Gasteiger partial charge on any atom is 0.278 e. The summed E-state index contributed by atoms with van der Waals surface area (Å²) in [7, 11) is 0. The third-order valence-corrected chi connectivity index (χ3v) is 4.85. The molecule has 0 spiro atoms. The van der Waals surface area contributed by atoms with Crippen LogP contribution in [0.25, 0.3) is 0 Å². The Hall–Kier alpha value is -2.11. The molecule has 1 heterocycles. The third kappa shape index (κ3) is 3.68. The molecule has 0 bridgehead atoms. The van der Waals surface area contributed by atoms with Gasteiger partial charge in [-0.05, 0) is 30.7 Å². The number of piperazine rings is 1. The molecule has 2 aromatic carbocycles. The van der Waals surface area contributed by atoms with Gasteiger partial charge >= 0.3 is 0 Å². The number of rotatable bonds is 4. The van der Waals surface area contributed by atoms with Crippen LogP contribution in [0.1, 0.15) is 11.1 Å². The van der Waals surface area contributed by atoms with Crippen LogP contribution in [0.2, 0.25) is 5.02 Å². The summed E-state index contributed by atoms with van der Waals surface area (Å²) in [5, 5.41) is 11.9. The maximum absolute atomic E-state index is 11.1. The van der Waals surface area contributed by atoms with Crippen molar-refractivity contribution in [3.63, 3.8) is 0 Å². The molecule has 1 N–H and O–H groups in total. The number of nitro groups is 1. The van der Waals surface area contributed by atoms with Crippen molar-refractivity contribution >= 4 is 23.0 Å². The molecular weight excluding hydrogens is 326 g/mol. The number of aryl methyl sites for hydroxylation is 1. The van der Waals surface area contributed by atoms with E-state index in [-0.39, 0.29) is 10.6 Å². The molecule has 0 aliphatic carbocycles. The summed E-state index contributed by atoms with van der Waals surface area (Å²) in [4.78, 5) is 14.6. The fraction of sp³-hybridized carbons (Fsp3) is 0.333. The lowest BCUT2D eigenvalue weighted by molar-refractivity contribution is -0.914. The summed E-state index contributed by atoms with van der Waals surface area (Å²) in [5.41, 5.74) is 3.44. The molecule has 6 heteroatoms. The number of halogens is 1. The summed E-state index contributed by atoms with van der Waals surface area (Å²) >= 11 is 6.12. The van der Waals surface area contributed by atoms with Crippen LogP contribution >= 0.6 is 11.6 Å². The Labute approximate surface area is 146 Å². The van der Waals surface area contributed by atoms with Crippen molar-refractivity contribution < 1.29 is 9.82 Å². The Kier molecular flexibility index (Phi) is 5.02. The first kappa shape index (κ1) is 16.7. The number of nitrogens with one attached hydrogen (secondary N) is 1. The average molecular weight is 347 g/mol. The predicted octanol–water partition coefficient (Wildman–Crippen LogP) is 2.46. The van der Waals surface area contributed by atoms with Crippen molar-refractivity contribution in [2.75, 3.05) is 31.1 Å². The van der Waals surface area contributed by atoms with Gasteiger partial charge in [0.05, 0.1) is 36.7 Å². The van der Waals surface area contributed by atoms with E-state index in [4.69, 9.17) is 11.6 Å². The summed E-state index contributed by atoms with van der Waals surface area (Å²) in [6.45, 7) is 6.56. The SMILES string of the molecule is Cc1ccc(Cl)cc1N1CC[NH+](Cc2ccccc2[N+](=O)[O-])CC1. The molecule has 3 rings (SSSR count). The number of quaternary nitrogens is 1. The average Bonchev–Trinajstić information content (AvgIpc) is 2.58.